The van der Waals surface area contributed by atoms with E-state index in [-0.39, 0.29) is 28.9 Å². The van der Waals surface area contributed by atoms with Crippen molar-refractivity contribution in [3.8, 4) is 0 Å². The third kappa shape index (κ3) is 4.14. The van der Waals surface area contributed by atoms with Crippen LogP contribution >= 0.6 is 0 Å². The number of likely N-dealkylation sites (tertiary alicyclic amines) is 1. The van der Waals surface area contributed by atoms with E-state index < -0.39 is 34.4 Å². The van der Waals surface area contributed by atoms with Crippen molar-refractivity contribution < 1.29 is 29.5 Å². The van der Waals surface area contributed by atoms with Crippen LogP contribution in [0, 0.1) is 10.1 Å². The number of hydrogen-bond acceptors (Lipinski definition) is 6. The number of rotatable bonds is 6. The lowest BCUT2D eigenvalue weighted by Crippen LogP contribution is -2.29. The van der Waals surface area contributed by atoms with Crippen molar-refractivity contribution >= 4 is 29.1 Å². The second-order valence-electron chi connectivity index (χ2n) is 7.65. The van der Waals surface area contributed by atoms with Gasteiger partial charge in [0.2, 0.25) is 0 Å². The summed E-state index contributed by atoms with van der Waals surface area (Å²) in [5.74, 6) is -3.36. The Morgan fingerprint density at radius 3 is 2.21 bits per heavy atom. The Morgan fingerprint density at radius 2 is 1.59 bits per heavy atom. The van der Waals surface area contributed by atoms with E-state index in [4.69, 9.17) is 5.11 Å². The highest BCUT2D eigenvalue weighted by atomic mass is 16.6. The highest BCUT2D eigenvalue weighted by Crippen LogP contribution is 2.40. The second kappa shape index (κ2) is 8.99. The molecule has 1 fully saturated rings. The number of benzene rings is 3. The van der Waals surface area contributed by atoms with E-state index >= 15 is 0 Å². The van der Waals surface area contributed by atoms with Crippen LogP contribution in [0.2, 0.25) is 0 Å². The Kier molecular flexibility index (Phi) is 5.92. The third-order valence-electron chi connectivity index (χ3n) is 5.54. The fourth-order valence-electron chi connectivity index (χ4n) is 3.90. The average molecular weight is 458 g/mol. The average Bonchev–Trinajstić information content (AvgIpc) is 3.09. The summed E-state index contributed by atoms with van der Waals surface area (Å²) >= 11 is 0. The molecule has 3 aromatic rings. The maximum Gasteiger partial charge on any atom is 0.335 e. The number of nitro groups is 1. The summed E-state index contributed by atoms with van der Waals surface area (Å²) in [7, 11) is 0. The quantitative estimate of drug-likeness (QED) is 0.188. The zero-order valence-electron chi connectivity index (χ0n) is 17.6. The molecule has 1 amide bonds. The molecule has 1 heterocycles. The van der Waals surface area contributed by atoms with Gasteiger partial charge in [-0.25, -0.2) is 4.79 Å². The minimum absolute atomic E-state index is 0.0181. The van der Waals surface area contributed by atoms with Crippen LogP contribution in [0.1, 0.15) is 33.1 Å². The number of hydrogen-bond donors (Lipinski definition) is 2. The molecular weight excluding hydrogens is 440 g/mol. The second-order valence-corrected chi connectivity index (χ2v) is 7.65. The van der Waals surface area contributed by atoms with Crippen molar-refractivity contribution in [2.75, 3.05) is 0 Å². The van der Waals surface area contributed by atoms with E-state index in [1.165, 1.54) is 35.2 Å². The zero-order valence-corrected chi connectivity index (χ0v) is 17.6. The predicted molar refractivity (Wildman–Crippen MR) is 121 cm³/mol. The fraction of sp³-hybridized carbons (Fsp3) is 0.0800. The van der Waals surface area contributed by atoms with E-state index in [0.29, 0.717) is 11.1 Å². The van der Waals surface area contributed by atoms with E-state index in [1.54, 1.807) is 42.5 Å². The van der Waals surface area contributed by atoms with E-state index in [9.17, 15) is 29.6 Å². The number of carboxylic acids is 1. The van der Waals surface area contributed by atoms with Gasteiger partial charge in [-0.1, -0.05) is 54.6 Å². The van der Waals surface area contributed by atoms with E-state index in [1.807, 2.05) is 0 Å². The highest BCUT2D eigenvalue weighted by molar-refractivity contribution is 6.46. The van der Waals surface area contributed by atoms with Crippen molar-refractivity contribution in [2.24, 2.45) is 0 Å². The summed E-state index contributed by atoms with van der Waals surface area (Å²) in [6.45, 7) is -0.0181. The van der Waals surface area contributed by atoms with Crippen LogP contribution < -0.4 is 0 Å². The Morgan fingerprint density at radius 1 is 0.912 bits per heavy atom. The number of non-ortho nitro benzene ring substituents is 1. The minimum atomic E-state index is -1.09. The first-order chi connectivity index (χ1) is 16.3. The molecule has 170 valence electrons. The normalized spacial score (nSPS) is 17.1. The number of ketones is 1. The number of amides is 1. The highest BCUT2D eigenvalue weighted by Gasteiger charge is 2.46. The summed E-state index contributed by atoms with van der Waals surface area (Å²) in [6.07, 6.45) is 0. The first-order valence-corrected chi connectivity index (χ1v) is 10.2. The van der Waals surface area contributed by atoms with Crippen molar-refractivity contribution in [3.05, 3.63) is 117 Å². The molecule has 2 N–H and O–H groups in total. The molecular formula is C25H18N2O7. The first-order valence-electron chi connectivity index (χ1n) is 10.2. The summed E-state index contributed by atoms with van der Waals surface area (Å²) in [5.41, 5.74) is 0.820. The number of carbonyl (C=O) groups excluding carboxylic acids is 2. The van der Waals surface area contributed by atoms with Crippen molar-refractivity contribution in [2.45, 2.75) is 12.6 Å². The van der Waals surface area contributed by atoms with Crippen molar-refractivity contribution in [1.82, 2.24) is 4.90 Å². The number of aliphatic hydroxyl groups excluding tert-OH is 1. The van der Waals surface area contributed by atoms with Crippen LogP contribution in [-0.4, -0.2) is 37.7 Å². The van der Waals surface area contributed by atoms with Gasteiger partial charge in [-0.05, 0) is 23.3 Å². The molecule has 9 nitrogen and oxygen atoms in total. The molecule has 0 saturated carbocycles. The monoisotopic (exact) mass is 458 g/mol. The number of nitrogens with zero attached hydrogens (tertiary/aromatic N) is 2. The largest absolute Gasteiger partial charge is 0.507 e. The lowest BCUT2D eigenvalue weighted by atomic mass is 9.95. The lowest BCUT2D eigenvalue weighted by molar-refractivity contribution is -0.384. The van der Waals surface area contributed by atoms with Crippen LogP contribution in [0.15, 0.2) is 84.4 Å². The molecule has 0 radical (unpaired) electrons. The molecule has 1 aliphatic rings. The van der Waals surface area contributed by atoms with Crippen LogP contribution in [0.4, 0.5) is 5.69 Å². The van der Waals surface area contributed by atoms with Gasteiger partial charge in [-0.15, -0.1) is 0 Å². The van der Waals surface area contributed by atoms with Gasteiger partial charge < -0.3 is 15.1 Å². The fourth-order valence-corrected chi connectivity index (χ4v) is 3.90. The third-order valence-corrected chi connectivity index (χ3v) is 5.54. The molecule has 1 aliphatic heterocycles. The zero-order chi connectivity index (χ0) is 24.4. The molecule has 4 rings (SSSR count). The van der Waals surface area contributed by atoms with E-state index in [0.717, 1.165) is 6.07 Å². The molecule has 0 spiro atoms. The van der Waals surface area contributed by atoms with Gasteiger partial charge in [0.1, 0.15) is 5.76 Å². The number of nitro benzene ring substituents is 1. The van der Waals surface area contributed by atoms with Crippen LogP contribution in [0.5, 0.6) is 0 Å². The molecule has 1 atom stereocenters. The smallest absolute Gasteiger partial charge is 0.335 e. The maximum absolute atomic E-state index is 13.0. The van der Waals surface area contributed by atoms with Crippen molar-refractivity contribution in [1.29, 1.82) is 0 Å². The van der Waals surface area contributed by atoms with Gasteiger partial charge in [-0.3, -0.25) is 19.7 Å². The molecule has 0 bridgehead atoms. The summed E-state index contributed by atoms with van der Waals surface area (Å²) in [5, 5.41) is 31.3. The lowest BCUT2D eigenvalue weighted by Gasteiger charge is -2.25. The van der Waals surface area contributed by atoms with Crippen LogP contribution in [-0.2, 0) is 16.1 Å². The van der Waals surface area contributed by atoms with Gasteiger partial charge in [0.15, 0.2) is 0 Å². The molecule has 3 aromatic carbocycles. The molecule has 34 heavy (non-hydrogen) atoms. The maximum atomic E-state index is 13.0. The van der Waals surface area contributed by atoms with Gasteiger partial charge in [0.05, 0.1) is 22.1 Å². The van der Waals surface area contributed by atoms with Gasteiger partial charge >= 0.3 is 5.97 Å². The van der Waals surface area contributed by atoms with Gasteiger partial charge in [0, 0.05) is 24.2 Å². The van der Waals surface area contributed by atoms with E-state index in [2.05, 4.69) is 0 Å². The summed E-state index contributed by atoms with van der Waals surface area (Å²) in [6, 6.07) is 18.8. The predicted octanol–water partition coefficient (Wildman–Crippen LogP) is 3.91. The summed E-state index contributed by atoms with van der Waals surface area (Å²) < 4.78 is 0. The molecule has 1 saturated heterocycles. The molecule has 0 aliphatic carbocycles. The Balaban J connectivity index is 1.82. The molecule has 1 unspecified atom stereocenters. The molecule has 0 aromatic heterocycles. The van der Waals surface area contributed by atoms with Crippen LogP contribution in [0.25, 0.3) is 5.76 Å². The Bertz CT molecular complexity index is 1330. The Hall–Kier alpha value is -4.79. The number of aliphatic hydroxyl groups is 1. The van der Waals surface area contributed by atoms with Crippen LogP contribution in [0.3, 0.4) is 0 Å². The number of aromatic carboxylic acids is 1. The minimum Gasteiger partial charge on any atom is -0.507 e. The standard InChI is InChI=1S/C25H18N2O7/c28-22(18-7-4-8-19(13-18)27(33)34)20-21(16-5-2-1-3-6-16)26(24(30)23(20)29)14-15-9-11-17(12-10-15)25(31)32/h1-13,21,28H,14H2,(H,31,32)/b22-20-. The SMILES string of the molecule is O=C1C(=O)N(Cc2ccc(C(=O)O)cc2)C(c2ccccc2)/C1=C(/O)c1cccc([N+](=O)[O-])c1. The molecule has 9 heteroatoms. The first kappa shape index (κ1) is 22.4. The van der Waals surface area contributed by atoms with Gasteiger partial charge in [0.25, 0.3) is 17.4 Å². The number of carbonyl (C=O) groups is 3. The van der Waals surface area contributed by atoms with Crippen molar-refractivity contribution in [3.63, 3.8) is 0 Å². The number of Topliss-reactive ketones (excluding diaryl/α,β-unsaturated/α-hetero) is 1. The number of carboxylic acid groups (broad SMARTS) is 1. The Labute approximate surface area is 193 Å². The topological polar surface area (TPSA) is 138 Å². The summed E-state index contributed by atoms with van der Waals surface area (Å²) in [4.78, 5) is 49.0. The van der Waals surface area contributed by atoms with Gasteiger partial charge in [-0.2, -0.15) is 0 Å².